The number of aryl methyl sites for hydroxylation is 1. The number of aromatic nitrogens is 2. The smallest absolute Gasteiger partial charge is 0.251 e. The molecule has 1 aromatic heterocycles. The maximum atomic E-state index is 12.2. The Bertz CT molecular complexity index is 857. The summed E-state index contributed by atoms with van der Waals surface area (Å²) >= 11 is 0. The Balaban J connectivity index is 1.51. The Labute approximate surface area is 148 Å². The third-order valence-corrected chi connectivity index (χ3v) is 4.40. The van der Waals surface area contributed by atoms with E-state index in [2.05, 4.69) is 41.7 Å². The normalized spacial score (nSPS) is 11.6. The third kappa shape index (κ3) is 4.08. The molecule has 0 unspecified atom stereocenters. The molecule has 130 valence electrons. The van der Waals surface area contributed by atoms with Crippen molar-refractivity contribution in [3.63, 3.8) is 0 Å². The zero-order chi connectivity index (χ0) is 17.9. The molecule has 1 N–H and O–H groups in total. The van der Waals surface area contributed by atoms with Crippen molar-refractivity contribution < 1.29 is 4.79 Å². The summed E-state index contributed by atoms with van der Waals surface area (Å²) in [5.41, 5.74) is 4.18. The summed E-state index contributed by atoms with van der Waals surface area (Å²) in [6.07, 6.45) is 2.73. The summed E-state index contributed by atoms with van der Waals surface area (Å²) in [5, 5.41) is 2.99. The lowest BCUT2D eigenvalue weighted by Gasteiger charge is -2.19. The van der Waals surface area contributed by atoms with Gasteiger partial charge in [-0.3, -0.25) is 4.79 Å². The quantitative estimate of drug-likeness (QED) is 0.712. The Morgan fingerprint density at radius 3 is 2.52 bits per heavy atom. The van der Waals surface area contributed by atoms with Crippen molar-refractivity contribution in [2.45, 2.75) is 39.2 Å². The van der Waals surface area contributed by atoms with Crippen LogP contribution in [0.5, 0.6) is 0 Å². The molecule has 4 nitrogen and oxygen atoms in total. The highest BCUT2D eigenvalue weighted by atomic mass is 16.1. The minimum Gasteiger partial charge on any atom is -0.352 e. The molecule has 1 heterocycles. The Morgan fingerprint density at radius 1 is 1.08 bits per heavy atom. The van der Waals surface area contributed by atoms with E-state index in [-0.39, 0.29) is 11.3 Å². The zero-order valence-corrected chi connectivity index (χ0v) is 15.1. The minimum atomic E-state index is -0.0176. The number of hydrogen-bond donors (Lipinski definition) is 1. The van der Waals surface area contributed by atoms with Crippen molar-refractivity contribution in [1.29, 1.82) is 0 Å². The number of benzene rings is 2. The fourth-order valence-corrected chi connectivity index (χ4v) is 2.86. The first kappa shape index (κ1) is 17.2. The Kier molecular flexibility index (Phi) is 4.88. The molecule has 3 rings (SSSR count). The fraction of sp³-hybridized carbons (Fsp3) is 0.333. The van der Waals surface area contributed by atoms with Crippen LogP contribution in [0.1, 0.15) is 43.1 Å². The van der Waals surface area contributed by atoms with Crippen LogP contribution in [-0.2, 0) is 12.0 Å². The summed E-state index contributed by atoms with van der Waals surface area (Å²) in [6.45, 7) is 7.99. The van der Waals surface area contributed by atoms with Gasteiger partial charge in [0.1, 0.15) is 0 Å². The molecule has 1 amide bonds. The molecule has 2 aromatic carbocycles. The largest absolute Gasteiger partial charge is 0.352 e. The average Bonchev–Trinajstić information content (AvgIpc) is 3.01. The van der Waals surface area contributed by atoms with Gasteiger partial charge in [0.25, 0.3) is 5.91 Å². The van der Waals surface area contributed by atoms with E-state index in [1.807, 2.05) is 48.8 Å². The fourth-order valence-electron chi connectivity index (χ4n) is 2.86. The van der Waals surface area contributed by atoms with Gasteiger partial charge >= 0.3 is 0 Å². The van der Waals surface area contributed by atoms with Crippen molar-refractivity contribution in [3.8, 4) is 0 Å². The van der Waals surface area contributed by atoms with Gasteiger partial charge in [0.05, 0.1) is 17.4 Å². The first-order valence-electron chi connectivity index (χ1n) is 8.74. The van der Waals surface area contributed by atoms with Crippen molar-refractivity contribution >= 4 is 16.9 Å². The molecule has 0 fully saturated rings. The molecule has 0 aliphatic heterocycles. The lowest BCUT2D eigenvalue weighted by Crippen LogP contribution is -2.25. The molecule has 0 aliphatic rings. The number of hydrogen-bond acceptors (Lipinski definition) is 2. The van der Waals surface area contributed by atoms with Crippen molar-refractivity contribution in [2.75, 3.05) is 6.54 Å². The highest BCUT2D eigenvalue weighted by molar-refractivity contribution is 5.94. The summed E-state index contributed by atoms with van der Waals surface area (Å²) in [5.74, 6) is -0.0176. The topological polar surface area (TPSA) is 46.9 Å². The van der Waals surface area contributed by atoms with E-state index < -0.39 is 0 Å². The molecule has 0 radical (unpaired) electrons. The van der Waals surface area contributed by atoms with Crippen LogP contribution >= 0.6 is 0 Å². The number of para-hydroxylation sites is 2. The highest BCUT2D eigenvalue weighted by Gasteiger charge is 2.14. The summed E-state index contributed by atoms with van der Waals surface area (Å²) in [7, 11) is 0. The SMILES string of the molecule is CC(C)(C)c1ccc(C(=O)NCCCn2cnc3ccccc32)cc1. The third-order valence-electron chi connectivity index (χ3n) is 4.40. The Hall–Kier alpha value is -2.62. The first-order chi connectivity index (χ1) is 11.9. The molecule has 0 saturated carbocycles. The molecule has 0 atom stereocenters. The van der Waals surface area contributed by atoms with Crippen LogP contribution in [0.4, 0.5) is 0 Å². The van der Waals surface area contributed by atoms with E-state index in [9.17, 15) is 4.79 Å². The van der Waals surface area contributed by atoms with E-state index in [4.69, 9.17) is 0 Å². The van der Waals surface area contributed by atoms with Crippen LogP contribution in [-0.4, -0.2) is 22.0 Å². The second-order valence-corrected chi connectivity index (χ2v) is 7.36. The number of carbonyl (C=O) groups excluding carboxylic acids is 1. The van der Waals surface area contributed by atoms with Crippen LogP contribution in [0.3, 0.4) is 0 Å². The second kappa shape index (κ2) is 7.09. The molecule has 0 saturated heterocycles. The van der Waals surface area contributed by atoms with E-state index in [0.29, 0.717) is 12.1 Å². The number of amides is 1. The van der Waals surface area contributed by atoms with Crippen LogP contribution in [0.25, 0.3) is 11.0 Å². The molecular formula is C21H25N3O. The minimum absolute atomic E-state index is 0.0176. The zero-order valence-electron chi connectivity index (χ0n) is 15.1. The number of nitrogens with zero attached hydrogens (tertiary/aromatic N) is 2. The monoisotopic (exact) mass is 335 g/mol. The van der Waals surface area contributed by atoms with Crippen molar-refractivity contribution in [3.05, 3.63) is 66.0 Å². The lowest BCUT2D eigenvalue weighted by atomic mass is 9.87. The number of nitrogens with one attached hydrogen (secondary N) is 1. The summed E-state index contributed by atoms with van der Waals surface area (Å²) < 4.78 is 2.12. The van der Waals surface area contributed by atoms with Gasteiger partial charge < -0.3 is 9.88 Å². The van der Waals surface area contributed by atoms with Gasteiger partial charge in [-0.2, -0.15) is 0 Å². The number of imidazole rings is 1. The van der Waals surface area contributed by atoms with Crippen LogP contribution in [0, 0.1) is 0 Å². The predicted octanol–water partition coefficient (Wildman–Crippen LogP) is 4.15. The summed E-state index contributed by atoms with van der Waals surface area (Å²) in [4.78, 5) is 16.6. The standard InChI is InChI=1S/C21H25N3O/c1-21(2,3)17-11-9-16(10-12-17)20(25)22-13-6-14-24-15-23-18-7-4-5-8-19(18)24/h4-5,7-12,15H,6,13-14H2,1-3H3,(H,22,25). The Morgan fingerprint density at radius 2 is 1.80 bits per heavy atom. The molecule has 3 aromatic rings. The predicted molar refractivity (Wildman–Crippen MR) is 102 cm³/mol. The average molecular weight is 335 g/mol. The highest BCUT2D eigenvalue weighted by Crippen LogP contribution is 2.22. The second-order valence-electron chi connectivity index (χ2n) is 7.36. The maximum absolute atomic E-state index is 12.2. The maximum Gasteiger partial charge on any atom is 0.251 e. The molecule has 0 aliphatic carbocycles. The van der Waals surface area contributed by atoms with Gasteiger partial charge in [0.2, 0.25) is 0 Å². The van der Waals surface area contributed by atoms with Crippen LogP contribution < -0.4 is 5.32 Å². The van der Waals surface area contributed by atoms with Crippen LogP contribution in [0.2, 0.25) is 0 Å². The molecule has 0 spiro atoms. The number of fused-ring (bicyclic) bond motifs is 1. The molecular weight excluding hydrogens is 310 g/mol. The van der Waals surface area contributed by atoms with Gasteiger partial charge in [-0.1, -0.05) is 45.0 Å². The first-order valence-corrected chi connectivity index (χ1v) is 8.74. The van der Waals surface area contributed by atoms with Gasteiger partial charge in [-0.25, -0.2) is 4.98 Å². The lowest BCUT2D eigenvalue weighted by molar-refractivity contribution is 0.0952. The molecule has 0 bridgehead atoms. The van der Waals surface area contributed by atoms with Crippen LogP contribution in [0.15, 0.2) is 54.9 Å². The number of carbonyl (C=O) groups is 1. The summed E-state index contributed by atoms with van der Waals surface area (Å²) in [6, 6.07) is 16.0. The van der Waals surface area contributed by atoms with Gasteiger partial charge in [-0.05, 0) is 41.7 Å². The van der Waals surface area contributed by atoms with E-state index in [1.165, 1.54) is 5.56 Å². The van der Waals surface area contributed by atoms with Gasteiger partial charge in [0.15, 0.2) is 0 Å². The van der Waals surface area contributed by atoms with Crippen molar-refractivity contribution in [2.24, 2.45) is 0 Å². The van der Waals surface area contributed by atoms with Gasteiger partial charge in [-0.15, -0.1) is 0 Å². The molecule has 25 heavy (non-hydrogen) atoms. The van der Waals surface area contributed by atoms with E-state index in [1.54, 1.807) is 0 Å². The number of rotatable bonds is 5. The van der Waals surface area contributed by atoms with Gasteiger partial charge in [0, 0.05) is 18.7 Å². The van der Waals surface area contributed by atoms with Crippen molar-refractivity contribution in [1.82, 2.24) is 14.9 Å². The van der Waals surface area contributed by atoms with E-state index in [0.717, 1.165) is 24.0 Å². The van der Waals surface area contributed by atoms with E-state index >= 15 is 0 Å². The molecule has 4 heteroatoms.